The summed E-state index contributed by atoms with van der Waals surface area (Å²) in [6.45, 7) is 2.02. The predicted molar refractivity (Wildman–Crippen MR) is 118 cm³/mol. The average molecular weight is 463 g/mol. The second-order valence-corrected chi connectivity index (χ2v) is 8.48. The second kappa shape index (κ2) is 7.38. The monoisotopic (exact) mass is 462 g/mol. The van der Waals surface area contributed by atoms with Gasteiger partial charge in [0, 0.05) is 4.47 Å². The highest BCUT2D eigenvalue weighted by atomic mass is 79.9. The summed E-state index contributed by atoms with van der Waals surface area (Å²) in [5, 5.41) is 1.72. The molecule has 0 unspecified atom stereocenters. The second-order valence-electron chi connectivity index (χ2n) is 7.56. The third-order valence-electron chi connectivity index (χ3n) is 5.61. The molecule has 0 aliphatic carbocycles. The molecule has 2 saturated heterocycles. The number of fused-ring (bicyclic) bond motifs is 1. The molecule has 2 fully saturated rings. The molecule has 3 aromatic rings. The highest BCUT2D eigenvalue weighted by Gasteiger charge is 2.60. The van der Waals surface area contributed by atoms with Crippen LogP contribution in [0, 0.1) is 12.8 Å². The standard InChI is InChI=1S/C24H19BrN2O3/c1-15-10-12-16(13-11-15)21-20-22(30-27(21)18-7-3-2-4-8-18)24(29)26(23(20)28)19-9-5-6-17(25)14-19/h2-14,20-22H,1H3/t20-,21+,22-/m1/s1. The molecule has 3 aromatic carbocycles. The first-order valence-electron chi connectivity index (χ1n) is 9.75. The highest BCUT2D eigenvalue weighted by Crippen LogP contribution is 2.47. The number of amides is 2. The normalized spacial score (nSPS) is 23.2. The van der Waals surface area contributed by atoms with Crippen molar-refractivity contribution in [2.45, 2.75) is 19.1 Å². The van der Waals surface area contributed by atoms with E-state index in [0.717, 1.165) is 21.3 Å². The summed E-state index contributed by atoms with van der Waals surface area (Å²) in [5.74, 6) is -1.20. The third kappa shape index (κ3) is 3.04. The molecule has 150 valence electrons. The van der Waals surface area contributed by atoms with Gasteiger partial charge < -0.3 is 0 Å². The minimum atomic E-state index is -0.858. The van der Waals surface area contributed by atoms with Gasteiger partial charge in [0.1, 0.15) is 5.92 Å². The van der Waals surface area contributed by atoms with Crippen LogP contribution in [0.15, 0.2) is 83.3 Å². The van der Waals surface area contributed by atoms with Gasteiger partial charge >= 0.3 is 0 Å². The highest BCUT2D eigenvalue weighted by molar-refractivity contribution is 9.10. The van der Waals surface area contributed by atoms with Crippen molar-refractivity contribution in [3.63, 3.8) is 0 Å². The molecule has 30 heavy (non-hydrogen) atoms. The zero-order valence-corrected chi connectivity index (χ0v) is 17.8. The van der Waals surface area contributed by atoms with Crippen molar-refractivity contribution in [1.82, 2.24) is 0 Å². The van der Waals surface area contributed by atoms with Crippen molar-refractivity contribution in [2.24, 2.45) is 5.92 Å². The number of carbonyl (C=O) groups excluding carboxylic acids is 2. The number of hydrogen-bond acceptors (Lipinski definition) is 4. The van der Waals surface area contributed by atoms with E-state index in [0.29, 0.717) is 5.69 Å². The molecule has 0 bridgehead atoms. The molecule has 2 aliphatic heterocycles. The van der Waals surface area contributed by atoms with Crippen LogP contribution >= 0.6 is 15.9 Å². The van der Waals surface area contributed by atoms with Crippen molar-refractivity contribution in [1.29, 1.82) is 0 Å². The van der Waals surface area contributed by atoms with Crippen LogP contribution in [0.4, 0.5) is 11.4 Å². The minimum absolute atomic E-state index is 0.243. The predicted octanol–water partition coefficient (Wildman–Crippen LogP) is 4.81. The molecule has 0 N–H and O–H groups in total. The summed E-state index contributed by atoms with van der Waals surface area (Å²) in [7, 11) is 0. The van der Waals surface area contributed by atoms with E-state index in [1.165, 1.54) is 4.90 Å². The summed E-state index contributed by atoms with van der Waals surface area (Å²) in [4.78, 5) is 34.2. The number of imide groups is 1. The maximum absolute atomic E-state index is 13.5. The lowest BCUT2D eigenvalue weighted by atomic mass is 9.90. The van der Waals surface area contributed by atoms with Gasteiger partial charge in [-0.3, -0.25) is 14.4 Å². The van der Waals surface area contributed by atoms with E-state index in [-0.39, 0.29) is 11.8 Å². The van der Waals surface area contributed by atoms with Crippen molar-refractivity contribution in [3.8, 4) is 0 Å². The Morgan fingerprint density at radius 2 is 1.53 bits per heavy atom. The fraction of sp³-hybridized carbons (Fsp3) is 0.167. The van der Waals surface area contributed by atoms with Crippen LogP contribution in [0.1, 0.15) is 17.2 Å². The van der Waals surface area contributed by atoms with E-state index in [4.69, 9.17) is 4.84 Å². The fourth-order valence-electron chi connectivity index (χ4n) is 4.19. The van der Waals surface area contributed by atoms with Crippen LogP contribution in [0.2, 0.25) is 0 Å². The number of benzene rings is 3. The first kappa shape index (κ1) is 19.0. The van der Waals surface area contributed by atoms with E-state index in [1.807, 2.05) is 73.7 Å². The van der Waals surface area contributed by atoms with Gasteiger partial charge in [0.25, 0.3) is 5.91 Å². The molecule has 5 nitrogen and oxygen atoms in total. The van der Waals surface area contributed by atoms with E-state index in [2.05, 4.69) is 15.9 Å². The Balaban J connectivity index is 1.59. The van der Waals surface area contributed by atoms with Crippen LogP contribution in [-0.2, 0) is 14.4 Å². The van der Waals surface area contributed by atoms with Gasteiger partial charge in [0.15, 0.2) is 6.10 Å². The Morgan fingerprint density at radius 3 is 2.23 bits per heavy atom. The van der Waals surface area contributed by atoms with E-state index in [9.17, 15) is 9.59 Å². The van der Waals surface area contributed by atoms with Crippen molar-refractivity contribution in [2.75, 3.05) is 9.96 Å². The average Bonchev–Trinajstić information content (AvgIpc) is 3.26. The van der Waals surface area contributed by atoms with Gasteiger partial charge in [-0.1, -0.05) is 70.0 Å². The third-order valence-corrected chi connectivity index (χ3v) is 6.10. The van der Waals surface area contributed by atoms with Crippen molar-refractivity contribution >= 4 is 39.1 Å². The topological polar surface area (TPSA) is 49.9 Å². The molecule has 0 spiro atoms. The van der Waals surface area contributed by atoms with Crippen LogP contribution in [-0.4, -0.2) is 17.9 Å². The maximum Gasteiger partial charge on any atom is 0.266 e. The van der Waals surface area contributed by atoms with E-state index < -0.39 is 18.1 Å². The Bertz CT molecular complexity index is 1120. The largest absolute Gasteiger partial charge is 0.273 e. The molecule has 5 rings (SSSR count). The summed E-state index contributed by atoms with van der Waals surface area (Å²) in [5.41, 5.74) is 3.43. The lowest BCUT2D eigenvalue weighted by Gasteiger charge is -2.28. The summed E-state index contributed by atoms with van der Waals surface area (Å²) >= 11 is 3.42. The smallest absolute Gasteiger partial charge is 0.266 e. The number of carbonyl (C=O) groups is 2. The fourth-order valence-corrected chi connectivity index (χ4v) is 4.57. The van der Waals surface area contributed by atoms with Crippen LogP contribution in [0.25, 0.3) is 0 Å². The zero-order valence-electron chi connectivity index (χ0n) is 16.2. The zero-order chi connectivity index (χ0) is 20.8. The van der Waals surface area contributed by atoms with Gasteiger partial charge in [-0.25, -0.2) is 9.96 Å². The van der Waals surface area contributed by atoms with Crippen LogP contribution in [0.5, 0.6) is 0 Å². The summed E-state index contributed by atoms with van der Waals surface area (Å²) in [6.07, 6.45) is -0.858. The number of anilines is 2. The van der Waals surface area contributed by atoms with Gasteiger partial charge in [-0.05, 0) is 42.8 Å². The van der Waals surface area contributed by atoms with E-state index in [1.54, 1.807) is 17.2 Å². The van der Waals surface area contributed by atoms with E-state index >= 15 is 0 Å². The Hall–Kier alpha value is -2.96. The molecule has 6 heteroatoms. The molecule has 0 aromatic heterocycles. The van der Waals surface area contributed by atoms with Gasteiger partial charge in [0.2, 0.25) is 5.91 Å². The first-order valence-corrected chi connectivity index (χ1v) is 10.5. The lowest BCUT2D eigenvalue weighted by molar-refractivity contribution is -0.126. The Labute approximate surface area is 183 Å². The molecule has 0 radical (unpaired) electrons. The Morgan fingerprint density at radius 1 is 0.833 bits per heavy atom. The molecular weight excluding hydrogens is 444 g/mol. The molecule has 2 heterocycles. The number of rotatable bonds is 3. The van der Waals surface area contributed by atoms with Crippen LogP contribution < -0.4 is 9.96 Å². The number of hydroxylamine groups is 1. The summed E-state index contributed by atoms with van der Waals surface area (Å²) in [6, 6.07) is 24.4. The maximum atomic E-state index is 13.5. The van der Waals surface area contributed by atoms with Gasteiger partial charge in [0.05, 0.1) is 17.4 Å². The van der Waals surface area contributed by atoms with Gasteiger partial charge in [-0.15, -0.1) is 0 Å². The minimum Gasteiger partial charge on any atom is -0.273 e. The van der Waals surface area contributed by atoms with Gasteiger partial charge in [-0.2, -0.15) is 0 Å². The summed E-state index contributed by atoms with van der Waals surface area (Å²) < 4.78 is 0.805. The number of nitrogens with zero attached hydrogens (tertiary/aromatic N) is 2. The molecule has 2 aliphatic rings. The van der Waals surface area contributed by atoms with Crippen molar-refractivity contribution in [3.05, 3.63) is 94.5 Å². The molecule has 3 atom stereocenters. The lowest BCUT2D eigenvalue weighted by Crippen LogP contribution is -2.37. The number of para-hydroxylation sites is 1. The SMILES string of the molecule is Cc1ccc([C@H]2[C@H]3C(=O)N(c4cccc(Br)c4)C(=O)[C@@H]3ON2c2ccccc2)cc1. The van der Waals surface area contributed by atoms with Crippen molar-refractivity contribution < 1.29 is 14.4 Å². The molecule has 0 saturated carbocycles. The Kier molecular flexibility index (Phi) is 4.68. The quantitative estimate of drug-likeness (QED) is 0.524. The molecular formula is C24H19BrN2O3. The first-order chi connectivity index (χ1) is 14.5. The number of hydrogen-bond donors (Lipinski definition) is 0. The van der Waals surface area contributed by atoms with Crippen LogP contribution in [0.3, 0.4) is 0 Å². The number of halogens is 1. The number of aryl methyl sites for hydroxylation is 1. The molecule has 2 amide bonds.